The van der Waals surface area contributed by atoms with Gasteiger partial charge in [0, 0.05) is 37.0 Å². The largest absolute Gasteiger partial charge is 0.449 e. The molecule has 0 spiro atoms. The number of carbonyl (C=O) groups is 1. The molecular formula is C17H14N4O6. The van der Waals surface area contributed by atoms with Gasteiger partial charge in [0.25, 0.3) is 17.1 Å². The second-order valence-corrected chi connectivity index (χ2v) is 5.66. The number of aromatic nitrogens is 3. The van der Waals surface area contributed by atoms with Crippen LogP contribution in [-0.2, 0) is 11.8 Å². The van der Waals surface area contributed by atoms with E-state index in [9.17, 15) is 19.7 Å². The molecule has 1 unspecified atom stereocenters. The molecule has 0 radical (unpaired) electrons. The van der Waals surface area contributed by atoms with Crippen molar-refractivity contribution >= 4 is 11.7 Å². The SMILES string of the molecule is CC(OC(=O)c1ccn(C)c(=O)c1)c1nnc(-c2ccc([N+](=O)[O-])cc2)o1. The van der Waals surface area contributed by atoms with Gasteiger partial charge >= 0.3 is 5.97 Å². The number of carbonyl (C=O) groups excluding carboxylic acids is 1. The number of nitro groups is 1. The molecule has 0 aliphatic heterocycles. The van der Waals surface area contributed by atoms with Gasteiger partial charge in [0.1, 0.15) is 0 Å². The standard InChI is InChI=1S/C17H14N4O6/c1-10(26-17(23)12-7-8-20(2)14(22)9-12)15-18-19-16(27-15)11-3-5-13(6-4-11)21(24)25/h3-10H,1-2H3. The lowest BCUT2D eigenvalue weighted by atomic mass is 10.2. The van der Waals surface area contributed by atoms with Gasteiger partial charge in [-0.2, -0.15) is 0 Å². The van der Waals surface area contributed by atoms with E-state index in [4.69, 9.17) is 9.15 Å². The number of rotatable bonds is 5. The third-order valence-corrected chi connectivity index (χ3v) is 3.74. The number of aryl methyl sites for hydroxylation is 1. The first-order valence-electron chi connectivity index (χ1n) is 7.81. The summed E-state index contributed by atoms with van der Waals surface area (Å²) < 4.78 is 12.0. The maximum absolute atomic E-state index is 12.1. The highest BCUT2D eigenvalue weighted by Gasteiger charge is 2.20. The van der Waals surface area contributed by atoms with Crippen molar-refractivity contribution in [3.8, 4) is 11.5 Å². The lowest BCUT2D eigenvalue weighted by Crippen LogP contribution is -2.18. The monoisotopic (exact) mass is 370 g/mol. The van der Waals surface area contributed by atoms with Gasteiger partial charge in [-0.15, -0.1) is 10.2 Å². The second-order valence-electron chi connectivity index (χ2n) is 5.66. The highest BCUT2D eigenvalue weighted by Crippen LogP contribution is 2.24. The van der Waals surface area contributed by atoms with Crippen LogP contribution in [-0.4, -0.2) is 25.7 Å². The Labute approximate surface area is 152 Å². The van der Waals surface area contributed by atoms with E-state index in [1.54, 1.807) is 14.0 Å². The summed E-state index contributed by atoms with van der Waals surface area (Å²) in [7, 11) is 1.57. The summed E-state index contributed by atoms with van der Waals surface area (Å²) in [6.45, 7) is 1.55. The zero-order valence-corrected chi connectivity index (χ0v) is 14.4. The summed E-state index contributed by atoms with van der Waals surface area (Å²) in [6, 6.07) is 8.23. The van der Waals surface area contributed by atoms with Crippen molar-refractivity contribution < 1.29 is 18.9 Å². The average molecular weight is 370 g/mol. The van der Waals surface area contributed by atoms with Gasteiger partial charge < -0.3 is 13.7 Å². The highest BCUT2D eigenvalue weighted by molar-refractivity contribution is 5.89. The second kappa shape index (κ2) is 7.20. The van der Waals surface area contributed by atoms with Gasteiger partial charge in [-0.1, -0.05) is 0 Å². The maximum atomic E-state index is 12.1. The number of hydrogen-bond acceptors (Lipinski definition) is 8. The van der Waals surface area contributed by atoms with E-state index < -0.39 is 17.0 Å². The number of hydrogen-bond donors (Lipinski definition) is 0. The molecule has 1 atom stereocenters. The number of non-ortho nitro benzene ring substituents is 1. The fourth-order valence-electron chi connectivity index (χ4n) is 2.20. The Balaban J connectivity index is 1.73. The minimum absolute atomic E-state index is 0.0561. The third kappa shape index (κ3) is 3.89. The van der Waals surface area contributed by atoms with E-state index in [2.05, 4.69) is 10.2 Å². The molecule has 0 N–H and O–H groups in total. The summed E-state index contributed by atoms with van der Waals surface area (Å²) in [4.78, 5) is 33.9. The summed E-state index contributed by atoms with van der Waals surface area (Å²) >= 11 is 0. The molecule has 0 bridgehead atoms. The van der Waals surface area contributed by atoms with E-state index >= 15 is 0 Å². The molecule has 10 nitrogen and oxygen atoms in total. The van der Waals surface area contributed by atoms with Crippen LogP contribution in [0.1, 0.15) is 29.3 Å². The van der Waals surface area contributed by atoms with Crippen LogP contribution >= 0.6 is 0 Å². The summed E-state index contributed by atoms with van der Waals surface area (Å²) in [6.07, 6.45) is 0.615. The van der Waals surface area contributed by atoms with Crippen molar-refractivity contribution in [2.45, 2.75) is 13.0 Å². The highest BCUT2D eigenvalue weighted by atomic mass is 16.6. The minimum atomic E-state index is -0.846. The van der Waals surface area contributed by atoms with Crippen LogP contribution < -0.4 is 5.56 Å². The quantitative estimate of drug-likeness (QED) is 0.380. The van der Waals surface area contributed by atoms with E-state index in [1.165, 1.54) is 47.2 Å². The van der Waals surface area contributed by atoms with Gasteiger partial charge in [-0.3, -0.25) is 14.9 Å². The van der Waals surface area contributed by atoms with Crippen molar-refractivity contribution in [1.29, 1.82) is 0 Å². The first kappa shape index (κ1) is 18.0. The van der Waals surface area contributed by atoms with Gasteiger partial charge in [0.05, 0.1) is 10.5 Å². The predicted octanol–water partition coefficient (Wildman–Crippen LogP) is 2.26. The van der Waals surface area contributed by atoms with Crippen molar-refractivity contribution in [3.05, 3.63) is 74.5 Å². The smallest absolute Gasteiger partial charge is 0.339 e. The van der Waals surface area contributed by atoms with E-state index in [1.807, 2.05) is 0 Å². The summed E-state index contributed by atoms with van der Waals surface area (Å²) in [5.41, 5.74) is 0.203. The van der Waals surface area contributed by atoms with Crippen LogP contribution in [0, 0.1) is 10.1 Å². The fourth-order valence-corrected chi connectivity index (χ4v) is 2.20. The molecule has 1 aromatic carbocycles. The summed E-state index contributed by atoms with van der Waals surface area (Å²) in [5, 5.41) is 18.4. The predicted molar refractivity (Wildman–Crippen MR) is 91.9 cm³/mol. The van der Waals surface area contributed by atoms with Crippen LogP contribution in [0.15, 0.2) is 51.8 Å². The molecule has 0 saturated heterocycles. The molecule has 0 amide bonds. The molecule has 138 valence electrons. The zero-order chi connectivity index (χ0) is 19.6. The van der Waals surface area contributed by atoms with Crippen LogP contribution in [0.5, 0.6) is 0 Å². The van der Waals surface area contributed by atoms with Crippen molar-refractivity contribution in [1.82, 2.24) is 14.8 Å². The summed E-state index contributed by atoms with van der Waals surface area (Å²) in [5.74, 6) is -0.507. The molecule has 0 saturated carbocycles. The number of esters is 1. The van der Waals surface area contributed by atoms with Crippen molar-refractivity contribution in [3.63, 3.8) is 0 Å². The molecular weight excluding hydrogens is 356 g/mol. The molecule has 27 heavy (non-hydrogen) atoms. The number of ether oxygens (including phenoxy) is 1. The number of nitrogens with zero attached hydrogens (tertiary/aromatic N) is 4. The van der Waals surface area contributed by atoms with Crippen LogP contribution in [0.3, 0.4) is 0 Å². The molecule has 0 aliphatic carbocycles. The molecule has 2 heterocycles. The Morgan fingerprint density at radius 2 is 1.96 bits per heavy atom. The van der Waals surface area contributed by atoms with Gasteiger partial charge in [0.15, 0.2) is 6.10 Å². The van der Waals surface area contributed by atoms with Gasteiger partial charge in [-0.25, -0.2) is 4.79 Å². The number of benzene rings is 1. The number of pyridine rings is 1. The van der Waals surface area contributed by atoms with Gasteiger partial charge in [-0.05, 0) is 25.1 Å². The van der Waals surface area contributed by atoms with Crippen molar-refractivity contribution in [2.75, 3.05) is 0 Å². The Morgan fingerprint density at radius 3 is 2.59 bits per heavy atom. The number of nitro benzene ring substituents is 1. The van der Waals surface area contributed by atoms with E-state index in [0.29, 0.717) is 5.56 Å². The van der Waals surface area contributed by atoms with E-state index in [0.717, 1.165) is 0 Å². The fraction of sp³-hybridized carbons (Fsp3) is 0.176. The van der Waals surface area contributed by atoms with Crippen LogP contribution in [0.25, 0.3) is 11.5 Å². The first-order valence-corrected chi connectivity index (χ1v) is 7.81. The normalized spacial score (nSPS) is 11.8. The van der Waals surface area contributed by atoms with Crippen LogP contribution in [0.4, 0.5) is 5.69 Å². The Hall–Kier alpha value is -3.82. The molecule has 10 heteroatoms. The average Bonchev–Trinajstić information content (AvgIpc) is 3.14. The lowest BCUT2D eigenvalue weighted by Gasteiger charge is -2.09. The molecule has 0 aliphatic rings. The Kier molecular flexibility index (Phi) is 4.79. The molecule has 3 aromatic rings. The van der Waals surface area contributed by atoms with E-state index in [-0.39, 0.29) is 28.6 Å². The topological polar surface area (TPSA) is 130 Å². The first-order chi connectivity index (χ1) is 12.8. The van der Waals surface area contributed by atoms with Crippen molar-refractivity contribution in [2.24, 2.45) is 7.05 Å². The lowest BCUT2D eigenvalue weighted by molar-refractivity contribution is -0.384. The minimum Gasteiger partial charge on any atom is -0.449 e. The maximum Gasteiger partial charge on any atom is 0.339 e. The molecule has 0 fully saturated rings. The molecule has 3 rings (SSSR count). The Bertz CT molecular complexity index is 1050. The van der Waals surface area contributed by atoms with Gasteiger partial charge in [0.2, 0.25) is 5.89 Å². The molecule has 2 aromatic heterocycles. The third-order valence-electron chi connectivity index (χ3n) is 3.74. The Morgan fingerprint density at radius 1 is 1.26 bits per heavy atom. The van der Waals surface area contributed by atoms with Crippen LogP contribution in [0.2, 0.25) is 0 Å². The zero-order valence-electron chi connectivity index (χ0n) is 14.4.